The number of carbonyl (C=O) groups excluding carboxylic acids is 1. The standard InChI is InChI=1S/C22H22N6O2/c1-15-7-9-16(10-8-15)22-26-24-19(30-22)11-12-20(29)27-14-4-5-17(27)21-25-23-18-6-2-3-13-28(18)21/h2-3,6-10,13,17H,4-5,11-12,14H2,1H3/t17-/m0/s1. The van der Waals surface area contributed by atoms with Gasteiger partial charge in [0.1, 0.15) is 0 Å². The Labute approximate surface area is 173 Å². The van der Waals surface area contributed by atoms with E-state index in [-0.39, 0.29) is 11.9 Å². The van der Waals surface area contributed by atoms with E-state index in [1.54, 1.807) is 0 Å². The molecule has 152 valence electrons. The van der Waals surface area contributed by atoms with Gasteiger partial charge in [-0.25, -0.2) is 0 Å². The maximum atomic E-state index is 13.0. The lowest BCUT2D eigenvalue weighted by Crippen LogP contribution is -2.31. The molecule has 0 saturated carbocycles. The highest BCUT2D eigenvalue weighted by atomic mass is 16.4. The highest BCUT2D eigenvalue weighted by Crippen LogP contribution is 2.31. The predicted molar refractivity (Wildman–Crippen MR) is 109 cm³/mol. The van der Waals surface area contributed by atoms with Crippen LogP contribution in [0.2, 0.25) is 0 Å². The second-order valence-corrected chi connectivity index (χ2v) is 7.60. The molecule has 0 bridgehead atoms. The first kappa shape index (κ1) is 18.5. The van der Waals surface area contributed by atoms with Gasteiger partial charge >= 0.3 is 0 Å². The van der Waals surface area contributed by atoms with Gasteiger partial charge in [-0.2, -0.15) is 0 Å². The first-order chi connectivity index (χ1) is 14.7. The van der Waals surface area contributed by atoms with Crippen LogP contribution in [0.3, 0.4) is 0 Å². The minimum absolute atomic E-state index is 0.0549. The van der Waals surface area contributed by atoms with Crippen molar-refractivity contribution in [3.05, 3.63) is 65.9 Å². The van der Waals surface area contributed by atoms with Crippen molar-refractivity contribution < 1.29 is 9.21 Å². The zero-order valence-corrected chi connectivity index (χ0v) is 16.7. The number of benzene rings is 1. The van der Waals surface area contributed by atoms with Crippen molar-refractivity contribution in [3.8, 4) is 11.5 Å². The van der Waals surface area contributed by atoms with Crippen molar-refractivity contribution in [1.82, 2.24) is 29.7 Å². The first-order valence-corrected chi connectivity index (χ1v) is 10.2. The maximum Gasteiger partial charge on any atom is 0.247 e. The van der Waals surface area contributed by atoms with Crippen molar-refractivity contribution in [2.24, 2.45) is 0 Å². The Morgan fingerprint density at radius 3 is 2.83 bits per heavy atom. The number of carbonyl (C=O) groups is 1. The first-order valence-electron chi connectivity index (χ1n) is 10.2. The van der Waals surface area contributed by atoms with Gasteiger partial charge < -0.3 is 9.32 Å². The SMILES string of the molecule is Cc1ccc(-c2nnc(CCC(=O)N3CCC[C@H]3c3nnc4ccccn34)o2)cc1. The second kappa shape index (κ2) is 7.70. The van der Waals surface area contributed by atoms with Gasteiger partial charge in [0.25, 0.3) is 0 Å². The summed E-state index contributed by atoms with van der Waals surface area (Å²) >= 11 is 0. The fraction of sp³-hybridized carbons (Fsp3) is 0.318. The number of hydrogen-bond donors (Lipinski definition) is 0. The van der Waals surface area contributed by atoms with E-state index in [0.29, 0.717) is 24.6 Å². The average molecular weight is 402 g/mol. The molecule has 3 aromatic heterocycles. The number of fused-ring (bicyclic) bond motifs is 1. The molecule has 1 aromatic carbocycles. The third-order valence-corrected chi connectivity index (χ3v) is 5.53. The summed E-state index contributed by atoms with van der Waals surface area (Å²) in [6, 6.07) is 13.7. The van der Waals surface area contributed by atoms with Crippen LogP contribution in [-0.2, 0) is 11.2 Å². The molecule has 4 aromatic rings. The molecule has 1 aliphatic rings. The Morgan fingerprint density at radius 2 is 1.97 bits per heavy atom. The van der Waals surface area contributed by atoms with E-state index in [9.17, 15) is 4.79 Å². The molecule has 8 nitrogen and oxygen atoms in total. The minimum Gasteiger partial charge on any atom is -0.421 e. The van der Waals surface area contributed by atoms with Gasteiger partial charge in [0.2, 0.25) is 17.7 Å². The van der Waals surface area contributed by atoms with Crippen LogP contribution in [0, 0.1) is 6.92 Å². The fourth-order valence-electron chi connectivity index (χ4n) is 3.95. The third kappa shape index (κ3) is 3.45. The monoisotopic (exact) mass is 402 g/mol. The summed E-state index contributed by atoms with van der Waals surface area (Å²) in [5.74, 6) is 1.84. The van der Waals surface area contributed by atoms with Crippen LogP contribution in [-0.4, -0.2) is 42.1 Å². The molecule has 8 heteroatoms. The molecule has 1 atom stereocenters. The molecule has 4 heterocycles. The summed E-state index contributed by atoms with van der Waals surface area (Å²) < 4.78 is 7.72. The number of hydrogen-bond acceptors (Lipinski definition) is 6. The molecule has 1 fully saturated rings. The number of aromatic nitrogens is 5. The molecule has 0 spiro atoms. The van der Waals surface area contributed by atoms with E-state index in [1.165, 1.54) is 5.56 Å². The Hall–Kier alpha value is -3.55. The van der Waals surface area contributed by atoms with Gasteiger partial charge in [-0.15, -0.1) is 20.4 Å². The lowest BCUT2D eigenvalue weighted by molar-refractivity contribution is -0.132. The molecule has 1 saturated heterocycles. The summed E-state index contributed by atoms with van der Waals surface area (Å²) in [6.07, 6.45) is 4.52. The number of aryl methyl sites for hydroxylation is 2. The summed E-state index contributed by atoms with van der Waals surface area (Å²) in [5, 5.41) is 16.8. The summed E-state index contributed by atoms with van der Waals surface area (Å²) in [6.45, 7) is 2.76. The minimum atomic E-state index is -0.0549. The van der Waals surface area contributed by atoms with Crippen LogP contribution in [0.25, 0.3) is 17.1 Å². The fourth-order valence-corrected chi connectivity index (χ4v) is 3.95. The number of rotatable bonds is 5. The summed E-state index contributed by atoms with van der Waals surface area (Å²) in [7, 11) is 0. The predicted octanol–water partition coefficient (Wildman–Crippen LogP) is 3.38. The lowest BCUT2D eigenvalue weighted by atomic mass is 10.1. The highest BCUT2D eigenvalue weighted by Gasteiger charge is 2.33. The molecule has 1 aliphatic heterocycles. The molecule has 0 unspecified atom stereocenters. The molecule has 1 amide bonds. The van der Waals surface area contributed by atoms with Crippen molar-refractivity contribution >= 4 is 11.6 Å². The van der Waals surface area contributed by atoms with Gasteiger partial charge in [-0.1, -0.05) is 23.8 Å². The van der Waals surface area contributed by atoms with E-state index in [0.717, 1.165) is 36.4 Å². The highest BCUT2D eigenvalue weighted by molar-refractivity contribution is 5.77. The molecule has 30 heavy (non-hydrogen) atoms. The molecular formula is C22H22N6O2. The van der Waals surface area contributed by atoms with Gasteiger partial charge in [0.05, 0.1) is 6.04 Å². The number of likely N-dealkylation sites (tertiary alicyclic amines) is 1. The van der Waals surface area contributed by atoms with E-state index < -0.39 is 0 Å². The molecule has 0 radical (unpaired) electrons. The number of nitrogens with zero attached hydrogens (tertiary/aromatic N) is 6. The summed E-state index contributed by atoms with van der Waals surface area (Å²) in [5.41, 5.74) is 2.84. The van der Waals surface area contributed by atoms with Crippen LogP contribution >= 0.6 is 0 Å². The van der Waals surface area contributed by atoms with Crippen molar-refractivity contribution in [2.75, 3.05) is 6.54 Å². The van der Waals surface area contributed by atoms with Crippen LogP contribution in [0.4, 0.5) is 0 Å². The largest absolute Gasteiger partial charge is 0.421 e. The number of amides is 1. The van der Waals surface area contributed by atoms with Crippen LogP contribution in [0.5, 0.6) is 0 Å². The Kier molecular flexibility index (Phi) is 4.74. The Bertz CT molecular complexity index is 1180. The maximum absolute atomic E-state index is 13.0. The van der Waals surface area contributed by atoms with E-state index >= 15 is 0 Å². The van der Waals surface area contributed by atoms with Gasteiger partial charge in [-0.3, -0.25) is 9.20 Å². The normalized spacial score (nSPS) is 16.4. The second-order valence-electron chi connectivity index (χ2n) is 7.60. The Morgan fingerprint density at radius 1 is 1.10 bits per heavy atom. The van der Waals surface area contributed by atoms with Crippen LogP contribution in [0.1, 0.15) is 42.6 Å². The van der Waals surface area contributed by atoms with Crippen molar-refractivity contribution in [1.29, 1.82) is 0 Å². The van der Waals surface area contributed by atoms with Crippen LogP contribution in [0.15, 0.2) is 53.1 Å². The topological polar surface area (TPSA) is 89.4 Å². The molecule has 0 N–H and O–H groups in total. The number of pyridine rings is 1. The quantitative estimate of drug-likeness (QED) is 0.508. The van der Waals surface area contributed by atoms with Crippen LogP contribution < -0.4 is 0 Å². The zero-order chi connectivity index (χ0) is 20.5. The molecule has 0 aliphatic carbocycles. The third-order valence-electron chi connectivity index (χ3n) is 5.53. The van der Waals surface area contributed by atoms with E-state index in [4.69, 9.17) is 4.42 Å². The van der Waals surface area contributed by atoms with Gasteiger partial charge in [0.15, 0.2) is 11.5 Å². The average Bonchev–Trinajstić information content (AvgIpc) is 3.51. The van der Waals surface area contributed by atoms with Crippen molar-refractivity contribution in [3.63, 3.8) is 0 Å². The lowest BCUT2D eigenvalue weighted by Gasteiger charge is -2.23. The molecule has 5 rings (SSSR count). The van der Waals surface area contributed by atoms with Gasteiger partial charge in [0, 0.05) is 31.1 Å². The Balaban J connectivity index is 1.27. The zero-order valence-electron chi connectivity index (χ0n) is 16.7. The van der Waals surface area contributed by atoms with E-state index in [2.05, 4.69) is 20.4 Å². The smallest absolute Gasteiger partial charge is 0.247 e. The van der Waals surface area contributed by atoms with Gasteiger partial charge in [-0.05, 0) is 44.0 Å². The summed E-state index contributed by atoms with van der Waals surface area (Å²) in [4.78, 5) is 14.9. The van der Waals surface area contributed by atoms with E-state index in [1.807, 2.05) is 64.9 Å². The van der Waals surface area contributed by atoms with Crippen molar-refractivity contribution in [2.45, 2.75) is 38.6 Å². The molecular weight excluding hydrogens is 380 g/mol.